The van der Waals surface area contributed by atoms with E-state index in [0.29, 0.717) is 5.57 Å². The maximum Gasteiger partial charge on any atom is 0.214 e. The topological polar surface area (TPSA) is 52.3 Å². The van der Waals surface area contributed by atoms with Crippen molar-refractivity contribution in [3.63, 3.8) is 0 Å². The minimum absolute atomic E-state index is 0.0851. The number of rotatable bonds is 2. The monoisotopic (exact) mass is 335 g/mol. The molecule has 1 aromatic carbocycles. The van der Waals surface area contributed by atoms with E-state index < -0.39 is 6.10 Å². The quantitative estimate of drug-likeness (QED) is 0.914. The number of ether oxygens (including phenoxy) is 1. The summed E-state index contributed by atoms with van der Waals surface area (Å²) in [6, 6.07) is 11.3. The van der Waals surface area contributed by atoms with Crippen LogP contribution in [0.1, 0.15) is 16.5 Å². The minimum atomic E-state index is -0.603. The fraction of sp³-hybridized carbons (Fsp3) is 0.0714. The van der Waals surface area contributed by atoms with Crippen molar-refractivity contribution >= 4 is 38.6 Å². The average Bonchev–Trinajstić information content (AvgIpc) is 2.97. The standard InChI is InChI=1S/C14H10BrNO2S/c15-9-4-1-3-8(7-9)11-12(17)13(18-14(11)16)10-5-2-6-19-10/h1-7,13H,16H2. The van der Waals surface area contributed by atoms with E-state index in [9.17, 15) is 4.79 Å². The van der Waals surface area contributed by atoms with E-state index in [1.807, 2.05) is 41.8 Å². The molecule has 96 valence electrons. The lowest BCUT2D eigenvalue weighted by atomic mass is 10.0. The van der Waals surface area contributed by atoms with E-state index in [-0.39, 0.29) is 11.7 Å². The van der Waals surface area contributed by atoms with Gasteiger partial charge in [0.25, 0.3) is 0 Å². The van der Waals surface area contributed by atoms with Crippen molar-refractivity contribution in [2.24, 2.45) is 5.73 Å². The molecule has 0 saturated heterocycles. The minimum Gasteiger partial charge on any atom is -0.461 e. The number of nitrogens with two attached hydrogens (primary N) is 1. The zero-order valence-electron chi connectivity index (χ0n) is 9.80. The Morgan fingerprint density at radius 2 is 2.11 bits per heavy atom. The Kier molecular flexibility index (Phi) is 3.16. The largest absolute Gasteiger partial charge is 0.461 e. The highest BCUT2D eigenvalue weighted by Gasteiger charge is 2.36. The van der Waals surface area contributed by atoms with Gasteiger partial charge in [0.1, 0.15) is 0 Å². The third-order valence-electron chi connectivity index (χ3n) is 2.89. The predicted octanol–water partition coefficient (Wildman–Crippen LogP) is 3.48. The summed E-state index contributed by atoms with van der Waals surface area (Å²) in [6.45, 7) is 0. The molecule has 3 nitrogen and oxygen atoms in total. The number of carbonyl (C=O) groups is 1. The van der Waals surface area contributed by atoms with Gasteiger partial charge in [-0.05, 0) is 29.1 Å². The fourth-order valence-corrected chi connectivity index (χ4v) is 3.20. The second-order valence-corrected chi connectivity index (χ2v) is 6.02. The van der Waals surface area contributed by atoms with Crippen LogP contribution in [0.25, 0.3) is 5.57 Å². The molecule has 0 amide bonds. The smallest absolute Gasteiger partial charge is 0.214 e. The SMILES string of the molecule is NC1=C(c2cccc(Br)c2)C(=O)C(c2cccs2)O1. The first-order chi connectivity index (χ1) is 9.16. The summed E-state index contributed by atoms with van der Waals surface area (Å²) in [7, 11) is 0. The Morgan fingerprint density at radius 3 is 2.79 bits per heavy atom. The summed E-state index contributed by atoms with van der Waals surface area (Å²) in [6.07, 6.45) is -0.603. The van der Waals surface area contributed by atoms with Gasteiger partial charge in [-0.2, -0.15) is 0 Å². The lowest BCUT2D eigenvalue weighted by Gasteiger charge is -2.06. The van der Waals surface area contributed by atoms with Crippen LogP contribution in [-0.4, -0.2) is 5.78 Å². The lowest BCUT2D eigenvalue weighted by Crippen LogP contribution is -2.07. The third kappa shape index (κ3) is 2.19. The van der Waals surface area contributed by atoms with Crippen molar-refractivity contribution in [1.29, 1.82) is 0 Å². The Hall–Kier alpha value is -1.59. The Morgan fingerprint density at radius 1 is 1.26 bits per heavy atom. The second kappa shape index (κ2) is 4.83. The normalized spacial score (nSPS) is 18.8. The summed E-state index contributed by atoms with van der Waals surface area (Å²) in [5, 5.41) is 1.92. The molecule has 1 aromatic heterocycles. The van der Waals surface area contributed by atoms with Crippen LogP contribution >= 0.6 is 27.3 Å². The van der Waals surface area contributed by atoms with Crippen LogP contribution in [0.3, 0.4) is 0 Å². The highest BCUT2D eigenvalue weighted by atomic mass is 79.9. The van der Waals surface area contributed by atoms with E-state index in [1.54, 1.807) is 0 Å². The van der Waals surface area contributed by atoms with Crippen LogP contribution in [0, 0.1) is 0 Å². The first kappa shape index (κ1) is 12.4. The molecule has 0 fully saturated rings. The number of halogens is 1. The second-order valence-electron chi connectivity index (χ2n) is 4.13. The van der Waals surface area contributed by atoms with Crippen LogP contribution in [0.15, 0.2) is 52.1 Å². The van der Waals surface area contributed by atoms with Gasteiger partial charge in [-0.25, -0.2) is 0 Å². The molecule has 0 bridgehead atoms. The van der Waals surface area contributed by atoms with E-state index >= 15 is 0 Å². The number of Topliss-reactive ketones (excluding diaryl/α,β-unsaturated/α-hetero) is 1. The molecule has 2 heterocycles. The number of ketones is 1. The van der Waals surface area contributed by atoms with Gasteiger partial charge in [0.05, 0.1) is 10.5 Å². The van der Waals surface area contributed by atoms with Gasteiger partial charge in [0.15, 0.2) is 12.0 Å². The van der Waals surface area contributed by atoms with Gasteiger partial charge in [-0.15, -0.1) is 11.3 Å². The summed E-state index contributed by atoms with van der Waals surface area (Å²) >= 11 is 4.88. The van der Waals surface area contributed by atoms with E-state index in [1.165, 1.54) is 11.3 Å². The van der Waals surface area contributed by atoms with Crippen LogP contribution in [-0.2, 0) is 9.53 Å². The molecule has 0 aliphatic carbocycles. The van der Waals surface area contributed by atoms with Gasteiger partial charge in [-0.1, -0.05) is 34.1 Å². The lowest BCUT2D eigenvalue weighted by molar-refractivity contribution is -0.120. The van der Waals surface area contributed by atoms with E-state index in [2.05, 4.69) is 15.9 Å². The van der Waals surface area contributed by atoms with Crippen molar-refractivity contribution in [2.75, 3.05) is 0 Å². The molecule has 19 heavy (non-hydrogen) atoms. The van der Waals surface area contributed by atoms with Crippen molar-refractivity contribution in [1.82, 2.24) is 0 Å². The highest BCUT2D eigenvalue weighted by Crippen LogP contribution is 2.38. The molecule has 1 aliphatic rings. The zero-order chi connectivity index (χ0) is 13.4. The van der Waals surface area contributed by atoms with Gasteiger partial charge in [0.2, 0.25) is 5.78 Å². The van der Waals surface area contributed by atoms with E-state index in [4.69, 9.17) is 10.5 Å². The Labute approximate surface area is 122 Å². The van der Waals surface area contributed by atoms with Crippen LogP contribution in [0.4, 0.5) is 0 Å². The number of hydrogen-bond donors (Lipinski definition) is 1. The van der Waals surface area contributed by atoms with Crippen LogP contribution < -0.4 is 5.73 Å². The third-order valence-corrected chi connectivity index (χ3v) is 4.30. The van der Waals surface area contributed by atoms with Crippen molar-refractivity contribution in [3.05, 3.63) is 62.6 Å². The van der Waals surface area contributed by atoms with Crippen LogP contribution in [0.2, 0.25) is 0 Å². The van der Waals surface area contributed by atoms with Crippen molar-refractivity contribution < 1.29 is 9.53 Å². The molecule has 3 rings (SSSR count). The molecule has 1 atom stereocenters. The number of benzene rings is 1. The number of thiophene rings is 1. The first-order valence-electron chi connectivity index (χ1n) is 5.67. The molecule has 1 aliphatic heterocycles. The molecule has 2 aromatic rings. The van der Waals surface area contributed by atoms with Crippen LogP contribution in [0.5, 0.6) is 0 Å². The predicted molar refractivity (Wildman–Crippen MR) is 78.4 cm³/mol. The summed E-state index contributed by atoms with van der Waals surface area (Å²) < 4.78 is 6.43. The maximum atomic E-state index is 12.5. The molecular weight excluding hydrogens is 326 g/mol. The van der Waals surface area contributed by atoms with Crippen molar-refractivity contribution in [3.8, 4) is 0 Å². The first-order valence-corrected chi connectivity index (χ1v) is 7.34. The summed E-state index contributed by atoms with van der Waals surface area (Å²) in [4.78, 5) is 13.3. The van der Waals surface area contributed by atoms with Gasteiger partial charge in [0, 0.05) is 4.47 Å². The molecule has 5 heteroatoms. The molecular formula is C14H10BrNO2S. The maximum absolute atomic E-state index is 12.5. The zero-order valence-corrected chi connectivity index (χ0v) is 12.2. The van der Waals surface area contributed by atoms with Gasteiger partial charge >= 0.3 is 0 Å². The van der Waals surface area contributed by atoms with E-state index in [0.717, 1.165) is 14.9 Å². The average molecular weight is 336 g/mol. The summed E-state index contributed by atoms with van der Waals surface area (Å²) in [5.74, 6) is 0.111. The highest BCUT2D eigenvalue weighted by molar-refractivity contribution is 9.10. The summed E-state index contributed by atoms with van der Waals surface area (Å²) in [5.41, 5.74) is 7.11. The fourth-order valence-electron chi connectivity index (χ4n) is 2.05. The Balaban J connectivity index is 1.99. The molecule has 0 spiro atoms. The molecule has 0 saturated carbocycles. The molecule has 0 radical (unpaired) electrons. The molecule has 2 N–H and O–H groups in total. The van der Waals surface area contributed by atoms with Gasteiger partial charge < -0.3 is 10.5 Å². The number of carbonyl (C=O) groups excluding carboxylic acids is 1. The van der Waals surface area contributed by atoms with Gasteiger partial charge in [-0.3, -0.25) is 4.79 Å². The Bertz CT molecular complexity index is 664. The van der Waals surface area contributed by atoms with Crippen molar-refractivity contribution in [2.45, 2.75) is 6.10 Å². The molecule has 1 unspecified atom stereocenters. The number of hydrogen-bond acceptors (Lipinski definition) is 4.